The van der Waals surface area contributed by atoms with Crippen molar-refractivity contribution in [2.24, 2.45) is 0 Å². The van der Waals surface area contributed by atoms with Crippen LogP contribution in [0.1, 0.15) is 43.5 Å². The standard InChI is InChI=1S/C20H23ClN2O2/c1-13(15-7-9-16(21)10-8-15)22-14(2)20(24)23-18-11-12-25-19-6-4-3-5-17(18)19/h3-10,13-14,18,22H,11-12H2,1-2H3,(H,23,24). The zero-order valence-corrected chi connectivity index (χ0v) is 15.2. The van der Waals surface area contributed by atoms with Gasteiger partial charge in [0, 0.05) is 23.0 Å². The molecule has 2 aromatic rings. The summed E-state index contributed by atoms with van der Waals surface area (Å²) in [5.41, 5.74) is 2.14. The summed E-state index contributed by atoms with van der Waals surface area (Å²) in [6, 6.07) is 15.3. The molecule has 0 aliphatic carbocycles. The normalized spacial score (nSPS) is 18.6. The number of benzene rings is 2. The van der Waals surface area contributed by atoms with E-state index in [0.717, 1.165) is 23.3 Å². The van der Waals surface area contributed by atoms with Crippen molar-refractivity contribution in [3.63, 3.8) is 0 Å². The number of nitrogens with one attached hydrogen (secondary N) is 2. The topological polar surface area (TPSA) is 50.4 Å². The molecule has 4 nitrogen and oxygen atoms in total. The number of fused-ring (bicyclic) bond motifs is 1. The third-order valence-electron chi connectivity index (χ3n) is 4.54. The van der Waals surface area contributed by atoms with E-state index in [-0.39, 0.29) is 24.0 Å². The summed E-state index contributed by atoms with van der Waals surface area (Å²) in [4.78, 5) is 12.6. The first-order valence-corrected chi connectivity index (χ1v) is 8.96. The zero-order chi connectivity index (χ0) is 17.8. The lowest BCUT2D eigenvalue weighted by Gasteiger charge is -2.28. The van der Waals surface area contributed by atoms with Crippen LogP contribution < -0.4 is 15.4 Å². The second-order valence-corrected chi connectivity index (χ2v) is 6.83. The van der Waals surface area contributed by atoms with Crippen LogP contribution in [0, 0.1) is 0 Å². The van der Waals surface area contributed by atoms with Crippen LogP contribution in [-0.2, 0) is 4.79 Å². The van der Waals surface area contributed by atoms with E-state index in [1.165, 1.54) is 0 Å². The Morgan fingerprint density at radius 3 is 2.64 bits per heavy atom. The fourth-order valence-electron chi connectivity index (χ4n) is 3.09. The van der Waals surface area contributed by atoms with Gasteiger partial charge in [0.15, 0.2) is 0 Å². The second-order valence-electron chi connectivity index (χ2n) is 6.40. The smallest absolute Gasteiger partial charge is 0.237 e. The minimum Gasteiger partial charge on any atom is -0.493 e. The summed E-state index contributed by atoms with van der Waals surface area (Å²) in [5, 5.41) is 7.19. The number of halogens is 1. The first-order chi connectivity index (χ1) is 12.0. The fraction of sp³-hybridized carbons (Fsp3) is 0.350. The van der Waals surface area contributed by atoms with Crippen LogP contribution in [0.4, 0.5) is 0 Å². The molecule has 1 aliphatic rings. The van der Waals surface area contributed by atoms with E-state index in [1.807, 2.05) is 62.4 Å². The van der Waals surface area contributed by atoms with Crippen LogP contribution in [0.25, 0.3) is 0 Å². The van der Waals surface area contributed by atoms with Crippen molar-refractivity contribution < 1.29 is 9.53 Å². The van der Waals surface area contributed by atoms with Gasteiger partial charge in [-0.15, -0.1) is 0 Å². The maximum atomic E-state index is 12.6. The lowest BCUT2D eigenvalue weighted by atomic mass is 10.00. The maximum absolute atomic E-state index is 12.6. The summed E-state index contributed by atoms with van der Waals surface area (Å²) >= 11 is 5.93. The molecule has 1 heterocycles. The molecule has 0 bridgehead atoms. The molecule has 2 N–H and O–H groups in total. The molecule has 132 valence electrons. The van der Waals surface area contributed by atoms with Gasteiger partial charge in [-0.05, 0) is 37.6 Å². The summed E-state index contributed by atoms with van der Waals surface area (Å²) in [7, 11) is 0. The van der Waals surface area contributed by atoms with E-state index in [9.17, 15) is 4.79 Å². The summed E-state index contributed by atoms with van der Waals surface area (Å²) in [5.74, 6) is 0.844. The van der Waals surface area contributed by atoms with E-state index in [0.29, 0.717) is 11.6 Å². The predicted octanol–water partition coefficient (Wildman–Crippen LogP) is 4.02. The Bertz CT molecular complexity index is 733. The highest BCUT2D eigenvalue weighted by Crippen LogP contribution is 2.31. The van der Waals surface area contributed by atoms with Gasteiger partial charge in [0.2, 0.25) is 5.91 Å². The number of ether oxygens (including phenoxy) is 1. The molecule has 0 saturated heterocycles. The van der Waals surface area contributed by atoms with Crippen molar-refractivity contribution in [3.8, 4) is 5.75 Å². The first kappa shape index (κ1) is 17.8. The molecule has 0 fully saturated rings. The molecule has 0 radical (unpaired) electrons. The predicted molar refractivity (Wildman–Crippen MR) is 99.9 cm³/mol. The fourth-order valence-corrected chi connectivity index (χ4v) is 3.21. The van der Waals surface area contributed by atoms with Gasteiger partial charge >= 0.3 is 0 Å². The third-order valence-corrected chi connectivity index (χ3v) is 4.79. The average molecular weight is 359 g/mol. The molecule has 25 heavy (non-hydrogen) atoms. The van der Waals surface area contributed by atoms with Crippen LogP contribution >= 0.6 is 11.6 Å². The maximum Gasteiger partial charge on any atom is 0.237 e. The van der Waals surface area contributed by atoms with Crippen molar-refractivity contribution in [2.45, 2.75) is 38.4 Å². The van der Waals surface area contributed by atoms with Crippen molar-refractivity contribution in [1.82, 2.24) is 10.6 Å². The van der Waals surface area contributed by atoms with Crippen molar-refractivity contribution in [1.29, 1.82) is 0 Å². The highest BCUT2D eigenvalue weighted by atomic mass is 35.5. The van der Waals surface area contributed by atoms with Crippen molar-refractivity contribution in [2.75, 3.05) is 6.61 Å². The van der Waals surface area contributed by atoms with Crippen LogP contribution in [0.5, 0.6) is 5.75 Å². The number of para-hydroxylation sites is 1. The van der Waals surface area contributed by atoms with Gasteiger partial charge in [-0.1, -0.05) is 41.9 Å². The number of hydrogen-bond acceptors (Lipinski definition) is 3. The lowest BCUT2D eigenvalue weighted by molar-refractivity contribution is -0.123. The van der Waals surface area contributed by atoms with Gasteiger partial charge in [-0.2, -0.15) is 0 Å². The van der Waals surface area contributed by atoms with Crippen molar-refractivity contribution >= 4 is 17.5 Å². The molecule has 3 rings (SSSR count). The number of carbonyl (C=O) groups excluding carboxylic acids is 1. The summed E-state index contributed by atoms with van der Waals surface area (Å²) in [6.45, 7) is 4.54. The Morgan fingerprint density at radius 2 is 1.88 bits per heavy atom. The SMILES string of the molecule is CC(NC(C)c1ccc(Cl)cc1)C(=O)NC1CCOc2ccccc21. The molecule has 1 aliphatic heterocycles. The first-order valence-electron chi connectivity index (χ1n) is 8.58. The second kappa shape index (κ2) is 7.89. The molecule has 0 aromatic heterocycles. The van der Waals surface area contributed by atoms with Gasteiger partial charge in [0.1, 0.15) is 5.75 Å². The third kappa shape index (κ3) is 4.33. The zero-order valence-electron chi connectivity index (χ0n) is 14.5. The quantitative estimate of drug-likeness (QED) is 0.848. The van der Waals surface area contributed by atoms with Crippen molar-refractivity contribution in [3.05, 3.63) is 64.7 Å². The van der Waals surface area contributed by atoms with Crippen LogP contribution in [0.3, 0.4) is 0 Å². The Balaban J connectivity index is 1.61. The van der Waals surface area contributed by atoms with Gasteiger partial charge in [0.25, 0.3) is 0 Å². The molecule has 5 heteroatoms. The Kier molecular flexibility index (Phi) is 5.61. The molecule has 3 unspecified atom stereocenters. The number of carbonyl (C=O) groups is 1. The molecule has 0 saturated carbocycles. The summed E-state index contributed by atoms with van der Waals surface area (Å²) in [6.07, 6.45) is 0.780. The van der Waals surface area contributed by atoms with Crippen LogP contribution in [0.15, 0.2) is 48.5 Å². The highest BCUT2D eigenvalue weighted by molar-refractivity contribution is 6.30. The van der Waals surface area contributed by atoms with Gasteiger partial charge in [0.05, 0.1) is 18.7 Å². The largest absolute Gasteiger partial charge is 0.493 e. The Hall–Kier alpha value is -2.04. The van der Waals surface area contributed by atoms with E-state index < -0.39 is 0 Å². The molecular formula is C20H23ClN2O2. The molecule has 2 aromatic carbocycles. The highest BCUT2D eigenvalue weighted by Gasteiger charge is 2.25. The van der Waals surface area contributed by atoms with Crippen LogP contribution in [-0.4, -0.2) is 18.6 Å². The van der Waals surface area contributed by atoms with Gasteiger partial charge in [-0.25, -0.2) is 0 Å². The Morgan fingerprint density at radius 1 is 1.16 bits per heavy atom. The van der Waals surface area contributed by atoms with E-state index in [2.05, 4.69) is 10.6 Å². The lowest BCUT2D eigenvalue weighted by Crippen LogP contribution is -2.45. The minimum atomic E-state index is -0.305. The molecule has 3 atom stereocenters. The monoisotopic (exact) mass is 358 g/mol. The van der Waals surface area contributed by atoms with Crippen LogP contribution in [0.2, 0.25) is 5.02 Å². The van der Waals surface area contributed by atoms with E-state index in [4.69, 9.17) is 16.3 Å². The Labute approximate surface area is 153 Å². The summed E-state index contributed by atoms with van der Waals surface area (Å²) < 4.78 is 5.65. The number of hydrogen-bond donors (Lipinski definition) is 2. The van der Waals surface area contributed by atoms with Gasteiger partial charge in [-0.3, -0.25) is 10.1 Å². The van der Waals surface area contributed by atoms with Gasteiger partial charge < -0.3 is 10.1 Å². The van der Waals surface area contributed by atoms with E-state index in [1.54, 1.807) is 0 Å². The number of rotatable bonds is 5. The average Bonchev–Trinajstić information content (AvgIpc) is 2.62. The molecular weight excluding hydrogens is 336 g/mol. The minimum absolute atomic E-state index is 0.00691. The molecule has 0 spiro atoms. The number of amides is 1. The molecule has 1 amide bonds. The van der Waals surface area contributed by atoms with E-state index >= 15 is 0 Å².